The van der Waals surface area contributed by atoms with Crippen LogP contribution in [0.1, 0.15) is 38.2 Å². The summed E-state index contributed by atoms with van der Waals surface area (Å²) in [6.07, 6.45) is 9.74. The first-order valence-electron chi connectivity index (χ1n) is 11.3. The van der Waals surface area contributed by atoms with Crippen LogP contribution < -0.4 is 14.8 Å². The van der Waals surface area contributed by atoms with E-state index in [1.54, 1.807) is 13.2 Å². The van der Waals surface area contributed by atoms with Gasteiger partial charge in [-0.2, -0.15) is 0 Å². The maximum atomic E-state index is 12.3. The van der Waals surface area contributed by atoms with Crippen LogP contribution in [0.5, 0.6) is 11.5 Å². The number of imidazole rings is 1. The second kappa shape index (κ2) is 11.8. The number of halogens is 1. The van der Waals surface area contributed by atoms with E-state index < -0.39 is 0 Å². The van der Waals surface area contributed by atoms with E-state index in [0.717, 1.165) is 35.4 Å². The monoisotopic (exact) mass is 469 g/mol. The second-order valence-corrected chi connectivity index (χ2v) is 8.48. The molecule has 7 heteroatoms. The van der Waals surface area contributed by atoms with Gasteiger partial charge in [0.05, 0.1) is 31.0 Å². The van der Waals surface area contributed by atoms with E-state index >= 15 is 0 Å². The Kier molecular flexibility index (Phi) is 8.78. The minimum atomic E-state index is -0.0450. The summed E-state index contributed by atoms with van der Waals surface area (Å²) >= 11 is 0. The predicted molar refractivity (Wildman–Crippen MR) is 134 cm³/mol. The Morgan fingerprint density at radius 3 is 2.73 bits per heavy atom. The van der Waals surface area contributed by atoms with Crippen LogP contribution in [0.2, 0.25) is 0 Å². The van der Waals surface area contributed by atoms with Crippen molar-refractivity contribution in [3.05, 3.63) is 60.4 Å². The number of amides is 1. The molecule has 2 aromatic carbocycles. The lowest BCUT2D eigenvalue weighted by atomic mass is 9.87. The molecule has 0 radical (unpaired) electrons. The van der Waals surface area contributed by atoms with Crippen molar-refractivity contribution in [2.24, 2.45) is 5.92 Å². The van der Waals surface area contributed by atoms with Gasteiger partial charge in [0.15, 0.2) is 11.5 Å². The van der Waals surface area contributed by atoms with Gasteiger partial charge in [-0.15, -0.1) is 12.4 Å². The number of fused-ring (bicyclic) bond motifs is 1. The van der Waals surface area contributed by atoms with E-state index in [2.05, 4.69) is 27.9 Å². The minimum absolute atomic E-state index is 0. The normalized spacial score (nSPS) is 18.1. The smallest absolute Gasteiger partial charge is 0.244 e. The Hall–Kier alpha value is -2.99. The molecule has 1 fully saturated rings. The molecule has 1 amide bonds. The summed E-state index contributed by atoms with van der Waals surface area (Å²) in [6.45, 7) is 3.46. The van der Waals surface area contributed by atoms with Crippen molar-refractivity contribution in [1.82, 2.24) is 14.9 Å². The number of carbonyl (C=O) groups is 1. The summed E-state index contributed by atoms with van der Waals surface area (Å²) in [5.41, 5.74) is 2.95. The van der Waals surface area contributed by atoms with Gasteiger partial charge in [-0.3, -0.25) is 4.79 Å². The summed E-state index contributed by atoms with van der Waals surface area (Å²) in [4.78, 5) is 16.7. The molecule has 4 rings (SSSR count). The third-order valence-corrected chi connectivity index (χ3v) is 6.09. The number of para-hydroxylation sites is 2. The quantitative estimate of drug-likeness (QED) is 0.457. The first kappa shape index (κ1) is 24.6. The number of nitrogens with one attached hydrogen (secondary N) is 1. The minimum Gasteiger partial charge on any atom is -0.493 e. The molecular formula is C26H32ClN3O3. The zero-order chi connectivity index (χ0) is 22.3. The Morgan fingerprint density at radius 2 is 1.94 bits per heavy atom. The lowest BCUT2D eigenvalue weighted by Gasteiger charge is -2.26. The first-order valence-corrected chi connectivity index (χ1v) is 11.3. The molecule has 0 saturated heterocycles. The fraction of sp³-hybridized carbons (Fsp3) is 0.385. The zero-order valence-corrected chi connectivity index (χ0v) is 20.0. The van der Waals surface area contributed by atoms with Crippen LogP contribution in [0.25, 0.3) is 17.1 Å². The van der Waals surface area contributed by atoms with E-state index in [1.807, 2.05) is 48.8 Å². The van der Waals surface area contributed by atoms with Crippen LogP contribution >= 0.6 is 12.4 Å². The third-order valence-electron chi connectivity index (χ3n) is 6.09. The van der Waals surface area contributed by atoms with Gasteiger partial charge in [-0.25, -0.2) is 4.98 Å². The second-order valence-electron chi connectivity index (χ2n) is 8.48. The number of methoxy groups -OCH3 is 1. The van der Waals surface area contributed by atoms with Gasteiger partial charge < -0.3 is 19.4 Å². The molecule has 1 aliphatic rings. The molecule has 0 spiro atoms. The zero-order valence-electron chi connectivity index (χ0n) is 19.2. The molecular weight excluding hydrogens is 438 g/mol. The van der Waals surface area contributed by atoms with Crippen molar-refractivity contribution in [2.45, 2.75) is 45.2 Å². The van der Waals surface area contributed by atoms with Crippen molar-refractivity contribution >= 4 is 35.4 Å². The van der Waals surface area contributed by atoms with Crippen molar-refractivity contribution in [2.75, 3.05) is 13.7 Å². The summed E-state index contributed by atoms with van der Waals surface area (Å²) in [7, 11) is 1.62. The lowest BCUT2D eigenvalue weighted by Crippen LogP contribution is -2.36. The van der Waals surface area contributed by atoms with E-state index in [9.17, 15) is 4.79 Å². The average molecular weight is 470 g/mol. The third kappa shape index (κ3) is 6.51. The van der Waals surface area contributed by atoms with Crippen molar-refractivity contribution in [3.63, 3.8) is 0 Å². The molecule has 33 heavy (non-hydrogen) atoms. The van der Waals surface area contributed by atoms with Gasteiger partial charge >= 0.3 is 0 Å². The molecule has 0 unspecified atom stereocenters. The number of rotatable bonds is 8. The summed E-state index contributed by atoms with van der Waals surface area (Å²) < 4.78 is 13.5. The number of hydrogen-bond donors (Lipinski definition) is 1. The topological polar surface area (TPSA) is 65.4 Å². The lowest BCUT2D eigenvalue weighted by molar-refractivity contribution is -0.117. The van der Waals surface area contributed by atoms with Crippen molar-refractivity contribution in [1.29, 1.82) is 0 Å². The van der Waals surface area contributed by atoms with E-state index in [-0.39, 0.29) is 18.3 Å². The summed E-state index contributed by atoms with van der Waals surface area (Å²) in [5, 5.41) is 3.11. The maximum absolute atomic E-state index is 12.3. The maximum Gasteiger partial charge on any atom is 0.244 e. The SMILES string of the molecule is COc1cc(C=CC(=O)NC2CCC(C)CC2)ccc1OCCn1cnc2ccccc21.Cl. The predicted octanol–water partition coefficient (Wildman–Crippen LogP) is 5.25. The number of nitrogens with zero attached hydrogens (tertiary/aromatic N) is 2. The highest BCUT2D eigenvalue weighted by Gasteiger charge is 2.18. The summed E-state index contributed by atoms with van der Waals surface area (Å²) in [6, 6.07) is 14.0. The molecule has 1 N–H and O–H groups in total. The van der Waals surface area contributed by atoms with Crippen molar-refractivity contribution in [3.8, 4) is 11.5 Å². The van der Waals surface area contributed by atoms with Gasteiger partial charge in [0.2, 0.25) is 5.91 Å². The van der Waals surface area contributed by atoms with Crippen molar-refractivity contribution < 1.29 is 14.3 Å². The van der Waals surface area contributed by atoms with Gasteiger partial charge in [-0.05, 0) is 67.5 Å². The number of aromatic nitrogens is 2. The molecule has 0 aliphatic heterocycles. The van der Waals surface area contributed by atoms with E-state index in [4.69, 9.17) is 9.47 Å². The van der Waals surface area contributed by atoms with Crippen LogP contribution in [0.15, 0.2) is 54.9 Å². The summed E-state index contributed by atoms with van der Waals surface area (Å²) in [5.74, 6) is 2.04. The van der Waals surface area contributed by atoms with E-state index in [0.29, 0.717) is 30.7 Å². The van der Waals surface area contributed by atoms with Gasteiger partial charge in [-0.1, -0.05) is 25.1 Å². The molecule has 1 saturated carbocycles. The van der Waals surface area contributed by atoms with Gasteiger partial charge in [0.1, 0.15) is 6.61 Å². The average Bonchev–Trinajstić information content (AvgIpc) is 3.23. The molecule has 0 atom stereocenters. The van der Waals surface area contributed by atoms with Crippen LogP contribution in [0.4, 0.5) is 0 Å². The Morgan fingerprint density at radius 1 is 1.15 bits per heavy atom. The van der Waals surface area contributed by atoms with Crippen LogP contribution in [0, 0.1) is 5.92 Å². The number of ether oxygens (including phenoxy) is 2. The standard InChI is InChI=1S/C26H31N3O3.ClH/c1-19-7-11-21(12-8-19)28-26(30)14-10-20-9-13-24(25(17-20)31-2)32-16-15-29-18-27-22-5-3-4-6-23(22)29;/h3-6,9-10,13-14,17-19,21H,7-8,11-12,15-16H2,1-2H3,(H,28,30);1H. The Balaban J connectivity index is 0.00000306. The highest BCUT2D eigenvalue weighted by Crippen LogP contribution is 2.29. The van der Waals surface area contributed by atoms with Crippen LogP contribution in [0.3, 0.4) is 0 Å². The fourth-order valence-electron chi connectivity index (χ4n) is 4.18. The molecule has 1 aliphatic carbocycles. The van der Waals surface area contributed by atoms with E-state index in [1.165, 1.54) is 12.8 Å². The van der Waals surface area contributed by atoms with Crippen LogP contribution in [-0.2, 0) is 11.3 Å². The number of benzene rings is 2. The highest BCUT2D eigenvalue weighted by molar-refractivity contribution is 5.92. The molecule has 3 aromatic rings. The Bertz CT molecular complexity index is 1090. The Labute approximate surface area is 201 Å². The fourth-order valence-corrected chi connectivity index (χ4v) is 4.18. The van der Waals surface area contributed by atoms with Gasteiger partial charge in [0.25, 0.3) is 0 Å². The number of carbonyl (C=O) groups excluding carboxylic acids is 1. The largest absolute Gasteiger partial charge is 0.493 e. The molecule has 176 valence electrons. The molecule has 1 aromatic heterocycles. The first-order chi connectivity index (χ1) is 15.6. The van der Waals surface area contributed by atoms with Crippen LogP contribution in [-0.4, -0.2) is 35.2 Å². The van der Waals surface area contributed by atoms with Gasteiger partial charge in [0, 0.05) is 12.1 Å². The molecule has 0 bridgehead atoms. The molecule has 1 heterocycles. The number of hydrogen-bond acceptors (Lipinski definition) is 4. The highest BCUT2D eigenvalue weighted by atomic mass is 35.5. The molecule has 6 nitrogen and oxygen atoms in total.